The van der Waals surface area contributed by atoms with Gasteiger partial charge in [-0.25, -0.2) is 9.59 Å². The van der Waals surface area contributed by atoms with Crippen LogP contribution in [0.25, 0.3) is 0 Å². The Balaban J connectivity index is 2.73. The second-order valence-electron chi connectivity index (χ2n) is 5.92. The number of carbonyl (C=O) groups is 3. The van der Waals surface area contributed by atoms with E-state index in [1.54, 1.807) is 0 Å². The predicted octanol–water partition coefficient (Wildman–Crippen LogP) is 1.56. The number of rotatable bonds is 9. The van der Waals surface area contributed by atoms with Gasteiger partial charge >= 0.3 is 11.9 Å². The van der Waals surface area contributed by atoms with Crippen LogP contribution in [0.5, 0.6) is 11.5 Å². The molecule has 0 fully saturated rings. The Labute approximate surface area is 152 Å². The van der Waals surface area contributed by atoms with E-state index in [2.05, 4.69) is 10.1 Å². The second kappa shape index (κ2) is 10.3. The van der Waals surface area contributed by atoms with Crippen molar-refractivity contribution in [1.29, 1.82) is 0 Å². The molecule has 0 aliphatic heterocycles. The number of nitrogens with one attached hydrogen (secondary N) is 1. The molecule has 1 aromatic carbocycles. The summed E-state index contributed by atoms with van der Waals surface area (Å²) in [6.07, 6.45) is 0.454. The molecule has 1 N–H and O–H groups in total. The van der Waals surface area contributed by atoms with Crippen LogP contribution >= 0.6 is 0 Å². The normalized spacial score (nSPS) is 11.5. The molecule has 0 radical (unpaired) electrons. The number of carbonyl (C=O) groups excluding carboxylic acids is 3. The van der Waals surface area contributed by atoms with E-state index < -0.39 is 23.9 Å². The Hall–Kier alpha value is -2.77. The third-order valence-electron chi connectivity index (χ3n) is 3.47. The molecule has 8 nitrogen and oxygen atoms in total. The van der Waals surface area contributed by atoms with Gasteiger partial charge in [-0.2, -0.15) is 0 Å². The van der Waals surface area contributed by atoms with E-state index >= 15 is 0 Å². The maximum absolute atomic E-state index is 12.1. The summed E-state index contributed by atoms with van der Waals surface area (Å²) in [7, 11) is 3.96. The number of ether oxygens (including phenoxy) is 4. The summed E-state index contributed by atoms with van der Waals surface area (Å²) >= 11 is 0. The maximum atomic E-state index is 12.1. The summed E-state index contributed by atoms with van der Waals surface area (Å²) in [5.41, 5.74) is 0.295. The molecule has 0 saturated carbocycles. The molecule has 0 saturated heterocycles. The van der Waals surface area contributed by atoms with Crippen molar-refractivity contribution in [3.05, 3.63) is 23.8 Å². The van der Waals surface area contributed by atoms with Gasteiger partial charge in [-0.15, -0.1) is 0 Å². The molecule has 0 aromatic heterocycles. The molecule has 8 heteroatoms. The first kappa shape index (κ1) is 21.3. The van der Waals surface area contributed by atoms with Crippen molar-refractivity contribution in [1.82, 2.24) is 5.32 Å². The molecule has 0 unspecified atom stereocenters. The van der Waals surface area contributed by atoms with Gasteiger partial charge in [0.05, 0.1) is 26.9 Å². The van der Waals surface area contributed by atoms with Crippen LogP contribution in [0.1, 0.15) is 30.6 Å². The van der Waals surface area contributed by atoms with E-state index in [1.165, 1.54) is 39.5 Å². The summed E-state index contributed by atoms with van der Waals surface area (Å²) in [6, 6.07) is 3.72. The Morgan fingerprint density at radius 2 is 1.73 bits per heavy atom. The molecule has 1 atom stereocenters. The SMILES string of the molecule is COC(=O)c1ccc(OCC(=O)N[C@H](CC(C)C)C(=O)OC)c(OC)c1. The smallest absolute Gasteiger partial charge is 0.337 e. The average molecular weight is 367 g/mol. The van der Waals surface area contributed by atoms with Gasteiger partial charge in [0.2, 0.25) is 0 Å². The third kappa shape index (κ3) is 6.27. The zero-order chi connectivity index (χ0) is 19.7. The molecule has 0 spiro atoms. The van der Waals surface area contributed by atoms with Gasteiger partial charge in [-0.05, 0) is 30.5 Å². The van der Waals surface area contributed by atoms with Gasteiger partial charge in [0.1, 0.15) is 6.04 Å². The lowest BCUT2D eigenvalue weighted by atomic mass is 10.0. The lowest BCUT2D eigenvalue weighted by Crippen LogP contribution is -2.44. The van der Waals surface area contributed by atoms with Crippen LogP contribution in [0.2, 0.25) is 0 Å². The van der Waals surface area contributed by atoms with Crippen molar-refractivity contribution >= 4 is 17.8 Å². The van der Waals surface area contributed by atoms with Crippen LogP contribution in [-0.4, -0.2) is 51.8 Å². The molecular formula is C18H25NO7. The maximum Gasteiger partial charge on any atom is 0.337 e. The van der Waals surface area contributed by atoms with Gasteiger partial charge in [0.25, 0.3) is 5.91 Å². The second-order valence-corrected chi connectivity index (χ2v) is 5.92. The monoisotopic (exact) mass is 367 g/mol. The largest absolute Gasteiger partial charge is 0.493 e. The lowest BCUT2D eigenvalue weighted by Gasteiger charge is -2.18. The van der Waals surface area contributed by atoms with E-state index in [9.17, 15) is 14.4 Å². The van der Waals surface area contributed by atoms with Gasteiger partial charge in [0.15, 0.2) is 18.1 Å². The van der Waals surface area contributed by atoms with Gasteiger partial charge in [-0.3, -0.25) is 4.79 Å². The molecule has 26 heavy (non-hydrogen) atoms. The molecule has 1 amide bonds. The fraction of sp³-hybridized carbons (Fsp3) is 0.500. The first-order valence-corrected chi connectivity index (χ1v) is 8.08. The lowest BCUT2D eigenvalue weighted by molar-refractivity contribution is -0.145. The number of amides is 1. The van der Waals surface area contributed by atoms with Crippen LogP contribution in [0.3, 0.4) is 0 Å². The molecule has 0 bridgehead atoms. The summed E-state index contributed by atoms with van der Waals surface area (Å²) in [5, 5.41) is 2.59. The summed E-state index contributed by atoms with van der Waals surface area (Å²) in [4.78, 5) is 35.4. The van der Waals surface area contributed by atoms with Crippen molar-refractivity contribution < 1.29 is 33.3 Å². The first-order valence-electron chi connectivity index (χ1n) is 8.08. The fourth-order valence-electron chi connectivity index (χ4n) is 2.24. The summed E-state index contributed by atoms with van der Waals surface area (Å²) in [5.74, 6) is -0.720. The highest BCUT2D eigenvalue weighted by Crippen LogP contribution is 2.28. The Kier molecular flexibility index (Phi) is 8.41. The number of methoxy groups -OCH3 is 3. The molecule has 1 aromatic rings. The Bertz CT molecular complexity index is 642. The standard InChI is InChI=1S/C18H25NO7/c1-11(2)8-13(18(22)25-5)19-16(20)10-26-14-7-6-12(17(21)24-4)9-15(14)23-3/h6-7,9,11,13H,8,10H2,1-5H3,(H,19,20)/t13-/m1/s1. The molecule has 144 valence electrons. The summed E-state index contributed by atoms with van der Waals surface area (Å²) in [6.45, 7) is 3.55. The predicted molar refractivity (Wildman–Crippen MR) is 93.2 cm³/mol. The fourth-order valence-corrected chi connectivity index (χ4v) is 2.24. The number of benzene rings is 1. The third-order valence-corrected chi connectivity index (χ3v) is 3.47. The van der Waals surface area contributed by atoms with Gasteiger partial charge in [0, 0.05) is 0 Å². The minimum atomic E-state index is -0.736. The van der Waals surface area contributed by atoms with Crippen molar-refractivity contribution in [2.24, 2.45) is 5.92 Å². The summed E-state index contributed by atoms with van der Waals surface area (Å²) < 4.78 is 19.9. The van der Waals surface area contributed by atoms with Gasteiger partial charge in [-0.1, -0.05) is 13.8 Å². The first-order chi connectivity index (χ1) is 12.3. The van der Waals surface area contributed by atoms with E-state index in [0.29, 0.717) is 12.0 Å². The molecule has 0 heterocycles. The average Bonchev–Trinajstić information content (AvgIpc) is 2.63. The zero-order valence-electron chi connectivity index (χ0n) is 15.7. The molecule has 1 rings (SSSR count). The highest BCUT2D eigenvalue weighted by atomic mass is 16.5. The molecule has 0 aliphatic carbocycles. The van der Waals surface area contributed by atoms with Crippen LogP contribution in [-0.2, 0) is 19.1 Å². The highest BCUT2D eigenvalue weighted by Gasteiger charge is 2.23. The van der Waals surface area contributed by atoms with Crippen molar-refractivity contribution in [3.8, 4) is 11.5 Å². The van der Waals surface area contributed by atoms with Crippen LogP contribution < -0.4 is 14.8 Å². The highest BCUT2D eigenvalue weighted by molar-refractivity contribution is 5.90. The molecular weight excluding hydrogens is 342 g/mol. The van der Waals surface area contributed by atoms with Crippen LogP contribution in [0.4, 0.5) is 0 Å². The topological polar surface area (TPSA) is 100 Å². The number of esters is 2. The van der Waals surface area contributed by atoms with Crippen molar-refractivity contribution in [3.63, 3.8) is 0 Å². The quantitative estimate of drug-likeness (QED) is 0.661. The van der Waals surface area contributed by atoms with Gasteiger partial charge < -0.3 is 24.3 Å². The van der Waals surface area contributed by atoms with Crippen molar-refractivity contribution in [2.75, 3.05) is 27.9 Å². The van der Waals surface area contributed by atoms with Crippen LogP contribution in [0.15, 0.2) is 18.2 Å². The Morgan fingerprint density at radius 3 is 2.27 bits per heavy atom. The minimum Gasteiger partial charge on any atom is -0.493 e. The minimum absolute atomic E-state index is 0.200. The molecule has 0 aliphatic rings. The van der Waals surface area contributed by atoms with Crippen LogP contribution in [0, 0.1) is 5.92 Å². The van der Waals surface area contributed by atoms with E-state index in [-0.39, 0.29) is 24.0 Å². The Morgan fingerprint density at radius 1 is 1.04 bits per heavy atom. The van der Waals surface area contributed by atoms with E-state index in [4.69, 9.17) is 14.2 Å². The zero-order valence-corrected chi connectivity index (χ0v) is 15.7. The number of hydrogen-bond acceptors (Lipinski definition) is 7. The number of hydrogen-bond donors (Lipinski definition) is 1. The van der Waals surface area contributed by atoms with E-state index in [0.717, 1.165) is 0 Å². The van der Waals surface area contributed by atoms with E-state index in [1.807, 2.05) is 13.8 Å². The van der Waals surface area contributed by atoms with Crippen molar-refractivity contribution in [2.45, 2.75) is 26.3 Å².